The van der Waals surface area contributed by atoms with Gasteiger partial charge in [0.1, 0.15) is 23.7 Å². The fraction of sp³-hybridized carbons (Fsp3) is 0.409. The molecule has 3 atom stereocenters. The van der Waals surface area contributed by atoms with Gasteiger partial charge in [0.2, 0.25) is 5.91 Å². The molecule has 0 aliphatic carbocycles. The van der Waals surface area contributed by atoms with E-state index in [0.717, 1.165) is 30.7 Å². The van der Waals surface area contributed by atoms with Crippen LogP contribution in [0.4, 0.5) is 5.82 Å². The second-order valence-electron chi connectivity index (χ2n) is 7.96. The van der Waals surface area contributed by atoms with E-state index in [9.17, 15) is 4.79 Å². The highest BCUT2D eigenvalue weighted by Crippen LogP contribution is 2.33. The first kappa shape index (κ1) is 20.8. The second-order valence-corrected chi connectivity index (χ2v) is 7.96. The van der Waals surface area contributed by atoms with Crippen molar-refractivity contribution >= 4 is 18.1 Å². The number of nitrogens with zero attached hydrogens (tertiary/aromatic N) is 5. The van der Waals surface area contributed by atoms with Gasteiger partial charge in [-0.2, -0.15) is 5.26 Å². The van der Waals surface area contributed by atoms with Crippen LogP contribution in [-0.2, 0) is 4.79 Å². The number of hydrogen-bond donors (Lipinski definition) is 3. The predicted molar refractivity (Wildman–Crippen MR) is 116 cm³/mol. The van der Waals surface area contributed by atoms with Gasteiger partial charge in [0.25, 0.3) is 0 Å². The van der Waals surface area contributed by atoms with Crippen LogP contribution in [0.2, 0.25) is 0 Å². The highest BCUT2D eigenvalue weighted by Gasteiger charge is 2.41. The molecule has 4 heterocycles. The third-order valence-electron chi connectivity index (χ3n) is 6.01. The van der Waals surface area contributed by atoms with Crippen LogP contribution in [0.5, 0.6) is 0 Å². The van der Waals surface area contributed by atoms with E-state index in [1.807, 2.05) is 30.0 Å². The summed E-state index contributed by atoms with van der Waals surface area (Å²) in [6.45, 7) is 3.63. The molecule has 31 heavy (non-hydrogen) atoms. The lowest BCUT2D eigenvalue weighted by molar-refractivity contribution is -0.131. The van der Waals surface area contributed by atoms with Gasteiger partial charge in [-0.25, -0.2) is 9.98 Å². The van der Waals surface area contributed by atoms with Crippen LogP contribution in [0.15, 0.2) is 41.5 Å². The third-order valence-corrected chi connectivity index (χ3v) is 6.01. The van der Waals surface area contributed by atoms with Crippen LogP contribution in [0.25, 0.3) is 0 Å². The van der Waals surface area contributed by atoms with E-state index in [1.54, 1.807) is 18.3 Å². The summed E-state index contributed by atoms with van der Waals surface area (Å²) in [5.41, 5.74) is 2.07. The first-order valence-electron chi connectivity index (χ1n) is 10.5. The van der Waals surface area contributed by atoms with Crippen molar-refractivity contribution in [2.45, 2.75) is 37.9 Å². The number of carbonyl (C=O) groups excluding carboxylic acids is 1. The molecule has 2 fully saturated rings. The Balaban J connectivity index is 1.35. The van der Waals surface area contributed by atoms with Gasteiger partial charge in [0.05, 0.1) is 12.1 Å². The Morgan fingerprint density at radius 2 is 2.16 bits per heavy atom. The first-order chi connectivity index (χ1) is 15.1. The highest BCUT2D eigenvalue weighted by molar-refractivity contribution is 5.79. The number of nitriles is 1. The number of nitrogens with one attached hydrogen (secondary N) is 3. The number of rotatable bonds is 6. The van der Waals surface area contributed by atoms with E-state index in [4.69, 9.17) is 10.7 Å². The number of hydrogen-bond acceptors (Lipinski definition) is 6. The molecule has 2 bridgehead atoms. The smallest absolute Gasteiger partial charge is 0.236 e. The molecule has 160 valence electrons. The molecule has 9 nitrogen and oxygen atoms in total. The standard InChI is InChI=1S/C22H26N8O/c1-15(19-3-2-4-20(28-19)27-14-24)25-11-22(31)29-12-17-6-7-18(13-29)30(17)21-8-5-16(9-23)10-26-21/h2-5,8,10,14-15,17-18,25H,6-7,11-13H2,1H3,(H2,24,27,28). The molecule has 0 radical (unpaired) electrons. The van der Waals surface area contributed by atoms with Gasteiger partial charge in [0, 0.05) is 43.1 Å². The van der Waals surface area contributed by atoms with Crippen molar-refractivity contribution in [3.63, 3.8) is 0 Å². The summed E-state index contributed by atoms with van der Waals surface area (Å²) in [7, 11) is 0. The molecule has 0 spiro atoms. The van der Waals surface area contributed by atoms with E-state index in [2.05, 4.69) is 31.2 Å². The van der Waals surface area contributed by atoms with Crippen LogP contribution in [-0.4, -0.2) is 58.8 Å². The van der Waals surface area contributed by atoms with Crippen LogP contribution >= 0.6 is 0 Å². The summed E-state index contributed by atoms with van der Waals surface area (Å²) in [6.07, 6.45) is 4.69. The summed E-state index contributed by atoms with van der Waals surface area (Å²) in [6, 6.07) is 11.9. The van der Waals surface area contributed by atoms with Crippen molar-refractivity contribution < 1.29 is 4.79 Å². The lowest BCUT2D eigenvalue weighted by Crippen LogP contribution is -2.57. The molecule has 2 aliphatic rings. The van der Waals surface area contributed by atoms with Crippen LogP contribution < -0.4 is 15.7 Å². The number of amides is 1. The summed E-state index contributed by atoms with van der Waals surface area (Å²) < 4.78 is 0. The van der Waals surface area contributed by atoms with Gasteiger partial charge in [-0.3, -0.25) is 10.2 Å². The Kier molecular flexibility index (Phi) is 6.09. The number of likely N-dealkylation sites (tertiary alicyclic amines) is 1. The van der Waals surface area contributed by atoms with Crippen molar-refractivity contribution in [2.24, 2.45) is 4.99 Å². The Labute approximate surface area is 180 Å². The zero-order valence-corrected chi connectivity index (χ0v) is 17.5. The molecule has 1 amide bonds. The number of piperazine rings is 1. The number of H-pyrrole nitrogens is 1. The minimum absolute atomic E-state index is 0.0503. The van der Waals surface area contributed by atoms with Crippen molar-refractivity contribution in [1.82, 2.24) is 20.2 Å². The number of fused-ring (bicyclic) bond motifs is 2. The van der Waals surface area contributed by atoms with E-state index in [-0.39, 0.29) is 30.6 Å². The fourth-order valence-corrected chi connectivity index (χ4v) is 4.42. The van der Waals surface area contributed by atoms with Gasteiger partial charge in [-0.1, -0.05) is 6.07 Å². The van der Waals surface area contributed by atoms with Crippen LogP contribution in [0, 0.1) is 16.7 Å². The van der Waals surface area contributed by atoms with Gasteiger partial charge in [0.15, 0.2) is 0 Å². The maximum atomic E-state index is 12.9. The topological polar surface area (TPSA) is 124 Å². The van der Waals surface area contributed by atoms with Crippen molar-refractivity contribution in [3.05, 3.63) is 53.3 Å². The molecule has 4 rings (SSSR count). The monoisotopic (exact) mass is 418 g/mol. The van der Waals surface area contributed by atoms with Crippen LogP contribution in [0.3, 0.4) is 0 Å². The van der Waals surface area contributed by atoms with E-state index in [1.165, 1.54) is 0 Å². The highest BCUT2D eigenvalue weighted by atomic mass is 16.2. The Hall–Kier alpha value is -3.51. The third kappa shape index (κ3) is 4.49. The van der Waals surface area contributed by atoms with Crippen molar-refractivity contribution in [1.29, 1.82) is 10.7 Å². The number of aromatic amines is 1. The molecule has 2 saturated heterocycles. The fourth-order valence-electron chi connectivity index (χ4n) is 4.42. The first-order valence-corrected chi connectivity index (χ1v) is 10.5. The molecule has 9 heteroatoms. The number of aromatic nitrogens is 2. The van der Waals surface area contributed by atoms with Gasteiger partial charge < -0.3 is 20.1 Å². The van der Waals surface area contributed by atoms with E-state index in [0.29, 0.717) is 24.1 Å². The summed E-state index contributed by atoms with van der Waals surface area (Å²) in [5.74, 6) is 0.979. The molecule has 3 N–H and O–H groups in total. The summed E-state index contributed by atoms with van der Waals surface area (Å²) in [5, 5.41) is 19.4. The molecular weight excluding hydrogens is 392 g/mol. The van der Waals surface area contributed by atoms with Gasteiger partial charge in [-0.05, 0) is 44.0 Å². The lowest BCUT2D eigenvalue weighted by atomic mass is 10.1. The largest absolute Gasteiger partial charge is 0.347 e. The number of carbonyl (C=O) groups is 1. The molecule has 0 saturated carbocycles. The zero-order chi connectivity index (χ0) is 21.8. The van der Waals surface area contributed by atoms with Gasteiger partial charge >= 0.3 is 0 Å². The Bertz CT molecular complexity index is 1040. The van der Waals surface area contributed by atoms with Crippen LogP contribution in [0.1, 0.15) is 37.1 Å². The molecule has 2 aliphatic heterocycles. The van der Waals surface area contributed by atoms with Crippen molar-refractivity contribution in [2.75, 3.05) is 24.5 Å². The minimum Gasteiger partial charge on any atom is -0.347 e. The quantitative estimate of drug-likeness (QED) is 0.482. The Morgan fingerprint density at radius 1 is 1.39 bits per heavy atom. The minimum atomic E-state index is -0.0503. The SMILES string of the molecule is CC(NCC(=O)N1CC2CCC(C1)N2c1ccc(C#N)cn1)c1ccc/c(=N/C=N)[nH]1. The molecule has 2 aromatic heterocycles. The lowest BCUT2D eigenvalue weighted by Gasteiger charge is -2.42. The maximum Gasteiger partial charge on any atom is 0.236 e. The normalized spacial score (nSPS) is 21.6. The summed E-state index contributed by atoms with van der Waals surface area (Å²) >= 11 is 0. The van der Waals surface area contributed by atoms with Gasteiger partial charge in [-0.15, -0.1) is 0 Å². The maximum absolute atomic E-state index is 12.9. The molecular formula is C22H26N8O. The Morgan fingerprint density at radius 3 is 2.81 bits per heavy atom. The number of anilines is 1. The van der Waals surface area contributed by atoms with E-state index < -0.39 is 0 Å². The zero-order valence-electron chi connectivity index (χ0n) is 17.5. The summed E-state index contributed by atoms with van der Waals surface area (Å²) in [4.78, 5) is 28.7. The average Bonchev–Trinajstić information content (AvgIpc) is 3.06. The number of pyridine rings is 2. The molecule has 3 unspecified atom stereocenters. The van der Waals surface area contributed by atoms with Crippen molar-refractivity contribution in [3.8, 4) is 6.07 Å². The predicted octanol–water partition coefficient (Wildman–Crippen LogP) is 1.32. The molecule has 2 aromatic rings. The van der Waals surface area contributed by atoms with E-state index >= 15 is 0 Å². The molecule has 0 aromatic carbocycles. The average molecular weight is 419 g/mol. The second kappa shape index (κ2) is 9.10.